The van der Waals surface area contributed by atoms with Crippen molar-refractivity contribution in [3.63, 3.8) is 0 Å². The van der Waals surface area contributed by atoms with Crippen LogP contribution in [0.1, 0.15) is 21.5 Å². The molecule has 0 spiro atoms. The van der Waals surface area contributed by atoms with E-state index in [9.17, 15) is 18.3 Å². The van der Waals surface area contributed by atoms with Crippen LogP contribution in [0.4, 0.5) is 0 Å². The molecule has 160 valence electrons. The largest absolute Gasteiger partial charge is 0.494 e. The molecule has 0 unspecified atom stereocenters. The number of carbonyl (C=O) groups is 1. The maximum absolute atomic E-state index is 13.0. The minimum atomic E-state index is -3.86. The van der Waals surface area contributed by atoms with Gasteiger partial charge in [0.1, 0.15) is 0 Å². The van der Waals surface area contributed by atoms with Crippen molar-refractivity contribution < 1.29 is 18.3 Å². The Balaban J connectivity index is 1.79. The molecule has 4 rings (SSSR count). The molecule has 31 heavy (non-hydrogen) atoms. The molecular weight excluding hydrogens is 416 g/mol. The van der Waals surface area contributed by atoms with Gasteiger partial charge >= 0.3 is 0 Å². The van der Waals surface area contributed by atoms with Crippen molar-refractivity contribution in [2.45, 2.75) is 4.90 Å². The minimum absolute atomic E-state index is 0.00461. The van der Waals surface area contributed by atoms with Gasteiger partial charge in [0.2, 0.25) is 10.0 Å². The van der Waals surface area contributed by atoms with Gasteiger partial charge in [-0.2, -0.15) is 0 Å². The highest BCUT2D eigenvalue weighted by Crippen LogP contribution is 2.38. The highest BCUT2D eigenvalue weighted by Gasteiger charge is 2.35. The van der Waals surface area contributed by atoms with Gasteiger partial charge in [-0.3, -0.25) is 4.79 Å². The van der Waals surface area contributed by atoms with Crippen molar-refractivity contribution in [3.8, 4) is 17.1 Å². The van der Waals surface area contributed by atoms with E-state index < -0.39 is 15.9 Å². The van der Waals surface area contributed by atoms with E-state index in [0.717, 1.165) is 5.56 Å². The zero-order chi connectivity index (χ0) is 22.2. The average molecular weight is 439 g/mol. The van der Waals surface area contributed by atoms with Gasteiger partial charge in [-0.15, -0.1) is 0 Å². The smallest absolute Gasteiger partial charge is 0.280 e. The lowest BCUT2D eigenvalue weighted by molar-refractivity contribution is 0.101. The van der Waals surface area contributed by atoms with Gasteiger partial charge in [-0.1, -0.05) is 48.5 Å². The van der Waals surface area contributed by atoms with E-state index in [1.165, 1.54) is 6.07 Å². The molecular formula is C22H22N4O4S. The molecule has 0 fully saturated rings. The first kappa shape index (κ1) is 21.0. The predicted molar refractivity (Wildman–Crippen MR) is 118 cm³/mol. The first-order chi connectivity index (χ1) is 14.8. The zero-order valence-electron chi connectivity index (χ0n) is 17.1. The van der Waals surface area contributed by atoms with E-state index in [-0.39, 0.29) is 39.7 Å². The highest BCUT2D eigenvalue weighted by atomic mass is 32.2. The summed E-state index contributed by atoms with van der Waals surface area (Å²) in [6.07, 6.45) is 0. The van der Waals surface area contributed by atoms with E-state index in [0.29, 0.717) is 12.2 Å². The lowest BCUT2D eigenvalue weighted by atomic mass is 10.0. The summed E-state index contributed by atoms with van der Waals surface area (Å²) in [7, 11) is -0.165. The summed E-state index contributed by atoms with van der Waals surface area (Å²) in [6, 6.07) is 15.4. The number of aromatic hydroxyl groups is 1. The molecule has 1 aliphatic heterocycles. The number of fused-ring (bicyclic) bond motifs is 1. The monoisotopic (exact) mass is 438 g/mol. The van der Waals surface area contributed by atoms with Crippen LogP contribution in [0, 0.1) is 0 Å². The highest BCUT2D eigenvalue weighted by molar-refractivity contribution is 7.89. The Morgan fingerprint density at radius 1 is 1.03 bits per heavy atom. The number of aromatic nitrogens is 1. The number of H-pyrrole nitrogens is 1. The molecule has 1 aromatic heterocycles. The summed E-state index contributed by atoms with van der Waals surface area (Å²) in [5.74, 6) is -0.764. The van der Waals surface area contributed by atoms with Gasteiger partial charge in [0.05, 0.1) is 27.4 Å². The third-order valence-corrected chi connectivity index (χ3v) is 6.51. The Labute approximate surface area is 180 Å². The Hall–Kier alpha value is -3.27. The van der Waals surface area contributed by atoms with Crippen molar-refractivity contribution in [2.75, 3.05) is 27.2 Å². The fourth-order valence-electron chi connectivity index (χ4n) is 3.54. The number of aromatic amines is 1. The molecule has 1 aliphatic rings. The predicted octanol–water partition coefficient (Wildman–Crippen LogP) is 2.22. The van der Waals surface area contributed by atoms with Gasteiger partial charge in [0.25, 0.3) is 5.91 Å². The second-order valence-corrected chi connectivity index (χ2v) is 9.16. The van der Waals surface area contributed by atoms with E-state index in [2.05, 4.69) is 14.7 Å². The second-order valence-electron chi connectivity index (χ2n) is 7.43. The Morgan fingerprint density at radius 3 is 2.42 bits per heavy atom. The number of hydrogen-bond acceptors (Lipinski definition) is 5. The molecule has 3 aromatic rings. The molecule has 0 saturated carbocycles. The summed E-state index contributed by atoms with van der Waals surface area (Å²) in [4.78, 5) is 21.6. The number of sulfonamides is 1. The standard InChI is InChI=1S/C22H22N4O4S/c1-26(2)13-12-23-31(29,30)16-11-7-6-10-15(16)20-18-17(21(27)25-20)19(24-22(18)28)14-8-4-3-5-9-14/h3-11,23-24,28H,12-13H2,1-2H3. The maximum atomic E-state index is 13.0. The number of carbonyl (C=O) groups excluding carboxylic acids is 1. The zero-order valence-corrected chi connectivity index (χ0v) is 17.9. The molecule has 0 saturated heterocycles. The third kappa shape index (κ3) is 3.90. The fourth-order valence-corrected chi connectivity index (χ4v) is 4.77. The van der Waals surface area contributed by atoms with Crippen LogP contribution in [-0.4, -0.2) is 62.2 Å². The average Bonchev–Trinajstić information content (AvgIpc) is 3.27. The molecule has 0 aliphatic carbocycles. The molecule has 0 atom stereocenters. The normalized spacial score (nSPS) is 13.5. The first-order valence-corrected chi connectivity index (χ1v) is 11.2. The fraction of sp³-hybridized carbons (Fsp3) is 0.182. The molecule has 8 nitrogen and oxygen atoms in total. The van der Waals surface area contributed by atoms with Gasteiger partial charge in [-0.05, 0) is 25.7 Å². The lowest BCUT2D eigenvalue weighted by Gasteiger charge is -2.13. The van der Waals surface area contributed by atoms with Crippen molar-refractivity contribution in [1.29, 1.82) is 0 Å². The number of nitrogens with zero attached hydrogens (tertiary/aromatic N) is 2. The van der Waals surface area contributed by atoms with E-state index in [1.54, 1.807) is 18.2 Å². The molecule has 2 aromatic carbocycles. The van der Waals surface area contributed by atoms with Gasteiger partial charge < -0.3 is 15.0 Å². The summed E-state index contributed by atoms with van der Waals surface area (Å²) in [5.41, 5.74) is 1.98. The molecule has 2 heterocycles. The van der Waals surface area contributed by atoms with Gasteiger partial charge in [0, 0.05) is 18.7 Å². The Kier molecular flexibility index (Phi) is 5.48. The summed E-state index contributed by atoms with van der Waals surface area (Å²) < 4.78 is 28.5. The number of amides is 1. The van der Waals surface area contributed by atoms with E-state index in [1.807, 2.05) is 49.3 Å². The number of nitrogens with one attached hydrogen (secondary N) is 2. The van der Waals surface area contributed by atoms with Crippen LogP contribution in [0.5, 0.6) is 5.88 Å². The van der Waals surface area contributed by atoms with Crippen LogP contribution < -0.4 is 4.72 Å². The minimum Gasteiger partial charge on any atom is -0.494 e. The van der Waals surface area contributed by atoms with Crippen LogP contribution in [0.2, 0.25) is 0 Å². The van der Waals surface area contributed by atoms with E-state index >= 15 is 0 Å². The lowest BCUT2D eigenvalue weighted by Crippen LogP contribution is -2.32. The number of aliphatic imine (C=N–C) groups is 1. The van der Waals surface area contributed by atoms with E-state index in [4.69, 9.17) is 0 Å². The summed E-state index contributed by atoms with van der Waals surface area (Å²) in [6.45, 7) is 0.762. The molecule has 0 radical (unpaired) electrons. The number of hydrogen-bond donors (Lipinski definition) is 3. The topological polar surface area (TPSA) is 115 Å². The second kappa shape index (κ2) is 8.10. The Bertz CT molecular complexity index is 1280. The SMILES string of the molecule is CN(C)CCNS(=O)(=O)c1ccccc1C1=NC(=O)c2c(-c3ccccc3)[nH]c(O)c21. The van der Waals surface area contributed by atoms with Crippen molar-refractivity contribution in [1.82, 2.24) is 14.6 Å². The van der Waals surface area contributed by atoms with Crippen molar-refractivity contribution in [2.24, 2.45) is 4.99 Å². The number of likely N-dealkylation sites (N-methyl/N-ethyl adjacent to an activating group) is 1. The molecule has 9 heteroatoms. The van der Waals surface area contributed by atoms with Crippen molar-refractivity contribution in [3.05, 3.63) is 71.3 Å². The van der Waals surface area contributed by atoms with Crippen LogP contribution >= 0.6 is 0 Å². The summed E-state index contributed by atoms with van der Waals surface area (Å²) in [5, 5.41) is 10.6. The quantitative estimate of drug-likeness (QED) is 0.523. The number of benzene rings is 2. The Morgan fingerprint density at radius 2 is 1.71 bits per heavy atom. The van der Waals surface area contributed by atoms with Crippen LogP contribution in [0.15, 0.2) is 64.5 Å². The van der Waals surface area contributed by atoms with Gasteiger partial charge in [0.15, 0.2) is 5.88 Å². The third-order valence-electron chi connectivity index (χ3n) is 4.99. The summed E-state index contributed by atoms with van der Waals surface area (Å²) >= 11 is 0. The van der Waals surface area contributed by atoms with Crippen LogP contribution in [-0.2, 0) is 10.0 Å². The molecule has 1 amide bonds. The maximum Gasteiger partial charge on any atom is 0.280 e. The molecule has 0 bridgehead atoms. The molecule has 3 N–H and O–H groups in total. The van der Waals surface area contributed by atoms with Crippen LogP contribution in [0.3, 0.4) is 0 Å². The number of rotatable bonds is 7. The van der Waals surface area contributed by atoms with Crippen molar-refractivity contribution >= 4 is 21.6 Å². The van der Waals surface area contributed by atoms with Gasteiger partial charge in [-0.25, -0.2) is 18.1 Å². The van der Waals surface area contributed by atoms with Crippen LogP contribution in [0.25, 0.3) is 11.3 Å². The first-order valence-electron chi connectivity index (χ1n) is 9.67.